The predicted molar refractivity (Wildman–Crippen MR) is 52.7 cm³/mol. The van der Waals surface area contributed by atoms with Crippen LogP contribution in [0, 0.1) is 0 Å². The zero-order chi connectivity index (χ0) is 12.6. The number of halogens is 4. The molecule has 90 valence electrons. The smallest absolute Gasteiger partial charge is 0.214 e. The highest BCUT2D eigenvalue weighted by atomic mass is 35.5. The zero-order valence-corrected chi connectivity index (χ0v) is 9.54. The van der Waals surface area contributed by atoms with Crippen molar-refractivity contribution in [3.63, 3.8) is 0 Å². The first-order valence-corrected chi connectivity index (χ1v) is 5.85. The minimum atomic E-state index is -4.68. The van der Waals surface area contributed by atoms with Crippen LogP contribution in [0.5, 0.6) is 0 Å². The Bertz CT molecular complexity index is 498. The summed E-state index contributed by atoms with van der Waals surface area (Å²) in [6, 6.07) is 2.40. The van der Waals surface area contributed by atoms with Gasteiger partial charge in [-0.3, -0.25) is 0 Å². The molecule has 0 spiro atoms. The van der Waals surface area contributed by atoms with Crippen molar-refractivity contribution in [1.29, 1.82) is 0 Å². The van der Waals surface area contributed by atoms with Gasteiger partial charge >= 0.3 is 6.18 Å². The molecule has 0 heterocycles. The van der Waals surface area contributed by atoms with Crippen molar-refractivity contribution < 1.29 is 21.6 Å². The molecule has 0 fully saturated rings. The second kappa shape index (κ2) is 4.23. The highest BCUT2D eigenvalue weighted by Crippen LogP contribution is 2.35. The lowest BCUT2D eigenvalue weighted by Crippen LogP contribution is -2.19. The summed E-state index contributed by atoms with van der Waals surface area (Å²) in [5.41, 5.74) is -1.18. The van der Waals surface area contributed by atoms with Gasteiger partial charge in [-0.25, -0.2) is 13.1 Å². The van der Waals surface area contributed by atoms with Crippen molar-refractivity contribution in [3.8, 4) is 0 Å². The molecule has 0 aliphatic carbocycles. The Hall–Kier alpha value is -0.790. The fourth-order valence-corrected chi connectivity index (χ4v) is 1.99. The van der Waals surface area contributed by atoms with Crippen molar-refractivity contribution in [2.24, 2.45) is 0 Å². The lowest BCUT2D eigenvalue weighted by molar-refractivity contribution is -0.137. The van der Waals surface area contributed by atoms with Crippen molar-refractivity contribution in [3.05, 3.63) is 28.8 Å². The summed E-state index contributed by atoms with van der Waals surface area (Å²) in [6.45, 7) is 0. The first kappa shape index (κ1) is 13.3. The van der Waals surface area contributed by atoms with Gasteiger partial charge in [0.2, 0.25) is 10.0 Å². The fraction of sp³-hybridized carbons (Fsp3) is 0.250. The average Bonchev–Trinajstić information content (AvgIpc) is 2.16. The van der Waals surface area contributed by atoms with E-state index in [0.29, 0.717) is 6.07 Å². The van der Waals surface area contributed by atoms with Crippen LogP contribution in [0.15, 0.2) is 23.1 Å². The summed E-state index contributed by atoms with van der Waals surface area (Å²) >= 11 is 5.34. The van der Waals surface area contributed by atoms with Crippen molar-refractivity contribution in [2.45, 2.75) is 11.1 Å². The SMILES string of the molecule is CNS(=O)(=O)c1ccc(Cl)c(C(F)(F)F)c1. The Labute approximate surface area is 95.3 Å². The van der Waals surface area contributed by atoms with Crippen LogP contribution >= 0.6 is 11.6 Å². The number of nitrogens with one attached hydrogen (secondary N) is 1. The lowest BCUT2D eigenvalue weighted by Gasteiger charge is -2.10. The maximum atomic E-state index is 12.4. The number of benzene rings is 1. The van der Waals surface area contributed by atoms with E-state index in [1.165, 1.54) is 0 Å². The van der Waals surface area contributed by atoms with Gasteiger partial charge in [-0.2, -0.15) is 13.2 Å². The monoisotopic (exact) mass is 273 g/mol. The molecule has 0 unspecified atom stereocenters. The number of hydrogen-bond acceptors (Lipinski definition) is 2. The molecule has 1 aromatic carbocycles. The third-order valence-electron chi connectivity index (χ3n) is 1.82. The quantitative estimate of drug-likeness (QED) is 0.898. The third-order valence-corrected chi connectivity index (χ3v) is 3.56. The molecule has 1 N–H and O–H groups in total. The van der Waals surface area contributed by atoms with Crippen molar-refractivity contribution in [1.82, 2.24) is 4.72 Å². The highest BCUT2D eigenvalue weighted by molar-refractivity contribution is 7.89. The first-order chi connectivity index (χ1) is 7.18. The molecular weight excluding hydrogens is 267 g/mol. The maximum absolute atomic E-state index is 12.4. The van der Waals surface area contributed by atoms with Crippen LogP contribution in [0.25, 0.3) is 0 Å². The van der Waals surface area contributed by atoms with E-state index >= 15 is 0 Å². The zero-order valence-electron chi connectivity index (χ0n) is 7.97. The molecule has 0 saturated carbocycles. The minimum Gasteiger partial charge on any atom is -0.214 e. The van der Waals surface area contributed by atoms with Crippen LogP contribution in [-0.2, 0) is 16.2 Å². The largest absolute Gasteiger partial charge is 0.417 e. The molecule has 0 radical (unpaired) electrons. The second-order valence-corrected chi connectivity index (χ2v) is 5.14. The number of rotatable bonds is 2. The minimum absolute atomic E-state index is 0.480. The van der Waals surface area contributed by atoms with E-state index in [2.05, 4.69) is 0 Å². The van der Waals surface area contributed by atoms with E-state index < -0.39 is 31.7 Å². The van der Waals surface area contributed by atoms with E-state index in [4.69, 9.17) is 11.6 Å². The Kier molecular flexibility index (Phi) is 3.51. The van der Waals surface area contributed by atoms with Crippen molar-refractivity contribution in [2.75, 3.05) is 7.05 Å². The molecular formula is C8H7ClF3NO2S. The maximum Gasteiger partial charge on any atom is 0.417 e. The van der Waals surface area contributed by atoms with Crippen LogP contribution in [0.3, 0.4) is 0 Å². The number of alkyl halides is 3. The number of hydrogen-bond donors (Lipinski definition) is 1. The highest BCUT2D eigenvalue weighted by Gasteiger charge is 2.34. The van der Waals surface area contributed by atoms with Gasteiger partial charge in [0.05, 0.1) is 15.5 Å². The molecule has 0 amide bonds. The van der Waals surface area contributed by atoms with E-state index in [1.54, 1.807) is 0 Å². The Morgan fingerprint density at radius 3 is 2.31 bits per heavy atom. The van der Waals surface area contributed by atoms with Crippen LogP contribution in [0.2, 0.25) is 5.02 Å². The van der Waals surface area contributed by atoms with E-state index in [9.17, 15) is 21.6 Å². The predicted octanol–water partition coefficient (Wildman–Crippen LogP) is 2.27. The molecule has 1 aromatic rings. The molecule has 0 aromatic heterocycles. The van der Waals surface area contributed by atoms with E-state index in [1.807, 2.05) is 4.72 Å². The summed E-state index contributed by atoms with van der Waals surface area (Å²) in [5.74, 6) is 0. The molecule has 8 heteroatoms. The van der Waals surface area contributed by atoms with Gasteiger partial charge in [0.15, 0.2) is 0 Å². The molecule has 0 bridgehead atoms. The topological polar surface area (TPSA) is 46.2 Å². The summed E-state index contributed by atoms with van der Waals surface area (Å²) < 4.78 is 61.7. The lowest BCUT2D eigenvalue weighted by atomic mass is 10.2. The Morgan fingerprint density at radius 1 is 1.31 bits per heavy atom. The molecule has 16 heavy (non-hydrogen) atoms. The molecule has 0 saturated heterocycles. The Balaban J connectivity index is 3.40. The van der Waals surface area contributed by atoms with Gasteiger partial charge in [-0.05, 0) is 25.2 Å². The summed E-state index contributed by atoms with van der Waals surface area (Å²) in [6.07, 6.45) is -4.68. The van der Waals surface area contributed by atoms with Gasteiger partial charge in [0.1, 0.15) is 0 Å². The van der Waals surface area contributed by atoms with Gasteiger partial charge in [0, 0.05) is 0 Å². The van der Waals surface area contributed by atoms with Crippen LogP contribution in [-0.4, -0.2) is 15.5 Å². The standard InChI is InChI=1S/C8H7ClF3NO2S/c1-13-16(14,15)5-2-3-7(9)6(4-5)8(10,11)12/h2-4,13H,1H3. The van der Waals surface area contributed by atoms with E-state index in [0.717, 1.165) is 19.2 Å². The van der Waals surface area contributed by atoms with Crippen LogP contribution in [0.1, 0.15) is 5.56 Å². The fourth-order valence-electron chi connectivity index (χ4n) is 1.01. The molecule has 0 aliphatic rings. The second-order valence-electron chi connectivity index (χ2n) is 2.85. The van der Waals surface area contributed by atoms with E-state index in [-0.39, 0.29) is 0 Å². The van der Waals surface area contributed by atoms with Crippen molar-refractivity contribution >= 4 is 21.6 Å². The van der Waals surface area contributed by atoms with Crippen LogP contribution in [0.4, 0.5) is 13.2 Å². The summed E-state index contributed by atoms with van der Waals surface area (Å²) in [5, 5.41) is -0.539. The van der Waals surface area contributed by atoms with Gasteiger partial charge in [0.25, 0.3) is 0 Å². The van der Waals surface area contributed by atoms with Gasteiger partial charge in [-0.1, -0.05) is 11.6 Å². The normalized spacial score (nSPS) is 12.8. The third kappa shape index (κ3) is 2.66. The molecule has 0 atom stereocenters. The first-order valence-electron chi connectivity index (χ1n) is 3.99. The van der Waals surface area contributed by atoms with Gasteiger partial charge in [-0.15, -0.1) is 0 Å². The molecule has 0 aliphatic heterocycles. The van der Waals surface area contributed by atoms with Gasteiger partial charge < -0.3 is 0 Å². The van der Waals surface area contributed by atoms with Crippen LogP contribution < -0.4 is 4.72 Å². The molecule has 3 nitrogen and oxygen atoms in total. The average molecular weight is 274 g/mol. The molecule has 1 rings (SSSR count). The summed E-state index contributed by atoms with van der Waals surface area (Å²) in [7, 11) is -2.80. The number of sulfonamides is 1. The Morgan fingerprint density at radius 2 is 1.88 bits per heavy atom. The summed E-state index contributed by atoms with van der Waals surface area (Å²) in [4.78, 5) is -0.480.